The van der Waals surface area contributed by atoms with E-state index in [2.05, 4.69) is 0 Å². The molecule has 14 heavy (non-hydrogen) atoms. The van der Waals surface area contributed by atoms with Crippen molar-refractivity contribution in [2.45, 2.75) is 19.6 Å². The van der Waals surface area contributed by atoms with Gasteiger partial charge in [-0.15, -0.1) is 0 Å². The second-order valence-electron chi connectivity index (χ2n) is 2.97. The molecule has 0 aliphatic rings. The van der Waals surface area contributed by atoms with Crippen molar-refractivity contribution in [2.24, 2.45) is 5.73 Å². The molecule has 1 aromatic rings. The summed E-state index contributed by atoms with van der Waals surface area (Å²) in [7, 11) is 1.68. The maximum Gasteiger partial charge on any atom is 0.133 e. The number of hydrogen-bond acceptors (Lipinski definition) is 4. The van der Waals surface area contributed by atoms with Crippen LogP contribution in [-0.2, 0) is 22.6 Å². The normalized spacial score (nSPS) is 10.7. The van der Waals surface area contributed by atoms with Crippen LogP contribution >= 0.6 is 0 Å². The predicted octanol–water partition coefficient (Wildman–Crippen LogP) is 1.29. The standard InChI is InChI=1S/C10H17NO3/c1-12-4-2-5-13-8-10-9(7-11)3-6-14-10/h3,6H,2,4-5,7-8,11H2,1H3. The van der Waals surface area contributed by atoms with Crippen LogP contribution in [0.25, 0.3) is 0 Å². The molecular weight excluding hydrogens is 182 g/mol. The number of hydrogen-bond donors (Lipinski definition) is 1. The van der Waals surface area contributed by atoms with Gasteiger partial charge in [0.15, 0.2) is 0 Å². The minimum absolute atomic E-state index is 0.489. The highest BCUT2D eigenvalue weighted by atomic mass is 16.5. The molecule has 4 nitrogen and oxygen atoms in total. The van der Waals surface area contributed by atoms with E-state index >= 15 is 0 Å². The topological polar surface area (TPSA) is 57.6 Å². The first-order chi connectivity index (χ1) is 6.88. The van der Waals surface area contributed by atoms with Crippen molar-refractivity contribution < 1.29 is 13.9 Å². The Morgan fingerprint density at radius 1 is 1.43 bits per heavy atom. The molecule has 4 heteroatoms. The molecule has 0 aromatic carbocycles. The van der Waals surface area contributed by atoms with Gasteiger partial charge in [-0.05, 0) is 12.5 Å². The molecule has 0 atom stereocenters. The molecule has 1 heterocycles. The first kappa shape index (κ1) is 11.2. The van der Waals surface area contributed by atoms with Gasteiger partial charge in [-0.1, -0.05) is 0 Å². The quantitative estimate of drug-likeness (QED) is 0.672. The summed E-state index contributed by atoms with van der Waals surface area (Å²) < 4.78 is 15.5. The number of nitrogens with two attached hydrogens (primary N) is 1. The maximum atomic E-state index is 5.51. The van der Waals surface area contributed by atoms with E-state index in [9.17, 15) is 0 Å². The molecule has 0 radical (unpaired) electrons. The van der Waals surface area contributed by atoms with Crippen molar-refractivity contribution >= 4 is 0 Å². The monoisotopic (exact) mass is 199 g/mol. The highest BCUT2D eigenvalue weighted by Gasteiger charge is 2.03. The number of furan rings is 1. The van der Waals surface area contributed by atoms with Crippen LogP contribution in [0.3, 0.4) is 0 Å². The largest absolute Gasteiger partial charge is 0.467 e. The van der Waals surface area contributed by atoms with E-state index < -0.39 is 0 Å². The Labute approximate surface area is 84.0 Å². The van der Waals surface area contributed by atoms with Crippen LogP contribution in [0.2, 0.25) is 0 Å². The fourth-order valence-electron chi connectivity index (χ4n) is 1.15. The average molecular weight is 199 g/mol. The van der Waals surface area contributed by atoms with Crippen LogP contribution in [0.4, 0.5) is 0 Å². The van der Waals surface area contributed by atoms with Gasteiger partial charge < -0.3 is 19.6 Å². The molecule has 0 bridgehead atoms. The summed E-state index contributed by atoms with van der Waals surface area (Å²) in [4.78, 5) is 0. The van der Waals surface area contributed by atoms with Crippen LogP contribution in [0, 0.1) is 0 Å². The van der Waals surface area contributed by atoms with E-state index in [1.165, 1.54) is 0 Å². The number of rotatable bonds is 7. The third-order valence-corrected chi connectivity index (χ3v) is 1.93. The van der Waals surface area contributed by atoms with Gasteiger partial charge in [-0.3, -0.25) is 0 Å². The number of ether oxygens (including phenoxy) is 2. The van der Waals surface area contributed by atoms with Gasteiger partial charge in [0.2, 0.25) is 0 Å². The zero-order valence-corrected chi connectivity index (χ0v) is 8.49. The maximum absolute atomic E-state index is 5.51. The fourth-order valence-corrected chi connectivity index (χ4v) is 1.15. The molecule has 1 rings (SSSR count). The summed E-state index contributed by atoms with van der Waals surface area (Å²) >= 11 is 0. The molecule has 80 valence electrons. The molecule has 0 saturated heterocycles. The summed E-state index contributed by atoms with van der Waals surface area (Å²) in [5.41, 5.74) is 6.52. The second-order valence-corrected chi connectivity index (χ2v) is 2.97. The predicted molar refractivity (Wildman–Crippen MR) is 52.7 cm³/mol. The molecule has 0 fully saturated rings. The fraction of sp³-hybridized carbons (Fsp3) is 0.600. The Bertz CT molecular complexity index is 247. The van der Waals surface area contributed by atoms with Crippen LogP contribution < -0.4 is 5.73 Å². The summed E-state index contributed by atoms with van der Waals surface area (Å²) in [6.45, 7) is 2.39. The molecule has 0 aliphatic carbocycles. The molecule has 0 amide bonds. The molecule has 0 aliphatic heterocycles. The van der Waals surface area contributed by atoms with Crippen molar-refractivity contribution in [1.82, 2.24) is 0 Å². The van der Waals surface area contributed by atoms with E-state index in [-0.39, 0.29) is 0 Å². The van der Waals surface area contributed by atoms with Crippen molar-refractivity contribution in [3.05, 3.63) is 23.7 Å². The highest BCUT2D eigenvalue weighted by Crippen LogP contribution is 2.10. The van der Waals surface area contributed by atoms with E-state index in [4.69, 9.17) is 19.6 Å². The van der Waals surface area contributed by atoms with Crippen LogP contribution in [-0.4, -0.2) is 20.3 Å². The third-order valence-electron chi connectivity index (χ3n) is 1.93. The van der Waals surface area contributed by atoms with Crippen molar-refractivity contribution in [2.75, 3.05) is 20.3 Å². The molecule has 0 spiro atoms. The van der Waals surface area contributed by atoms with Gasteiger partial charge >= 0.3 is 0 Å². The summed E-state index contributed by atoms with van der Waals surface area (Å²) in [5, 5.41) is 0. The lowest BCUT2D eigenvalue weighted by Crippen LogP contribution is -2.02. The Hall–Kier alpha value is -0.840. The molecular formula is C10H17NO3. The van der Waals surface area contributed by atoms with Gasteiger partial charge in [0.1, 0.15) is 12.4 Å². The van der Waals surface area contributed by atoms with Gasteiger partial charge in [-0.2, -0.15) is 0 Å². The van der Waals surface area contributed by atoms with E-state index in [0.717, 1.165) is 24.4 Å². The Kier molecular flexibility index (Phi) is 5.29. The first-order valence-corrected chi connectivity index (χ1v) is 4.70. The van der Waals surface area contributed by atoms with Crippen LogP contribution in [0.5, 0.6) is 0 Å². The van der Waals surface area contributed by atoms with Crippen LogP contribution in [0.1, 0.15) is 17.7 Å². The van der Waals surface area contributed by atoms with E-state index in [0.29, 0.717) is 19.8 Å². The lowest BCUT2D eigenvalue weighted by Gasteiger charge is -2.02. The molecule has 0 saturated carbocycles. The Morgan fingerprint density at radius 2 is 2.29 bits per heavy atom. The van der Waals surface area contributed by atoms with Gasteiger partial charge in [0.05, 0.1) is 6.26 Å². The van der Waals surface area contributed by atoms with Gasteiger partial charge in [-0.25, -0.2) is 0 Å². The highest BCUT2D eigenvalue weighted by molar-refractivity contribution is 5.15. The zero-order chi connectivity index (χ0) is 10.2. The minimum atomic E-state index is 0.489. The summed E-state index contributed by atoms with van der Waals surface area (Å²) in [6, 6.07) is 1.87. The Balaban J connectivity index is 2.17. The molecule has 2 N–H and O–H groups in total. The summed E-state index contributed by atoms with van der Waals surface area (Å²) in [5.74, 6) is 0.824. The SMILES string of the molecule is COCCCOCc1occc1CN. The Morgan fingerprint density at radius 3 is 3.00 bits per heavy atom. The smallest absolute Gasteiger partial charge is 0.133 e. The van der Waals surface area contributed by atoms with E-state index in [1.54, 1.807) is 13.4 Å². The first-order valence-electron chi connectivity index (χ1n) is 4.70. The molecule has 0 unspecified atom stereocenters. The summed E-state index contributed by atoms with van der Waals surface area (Å²) in [6.07, 6.45) is 2.53. The van der Waals surface area contributed by atoms with Crippen molar-refractivity contribution in [1.29, 1.82) is 0 Å². The lowest BCUT2D eigenvalue weighted by molar-refractivity contribution is 0.0822. The van der Waals surface area contributed by atoms with Crippen molar-refractivity contribution in [3.8, 4) is 0 Å². The van der Waals surface area contributed by atoms with Crippen molar-refractivity contribution in [3.63, 3.8) is 0 Å². The minimum Gasteiger partial charge on any atom is -0.467 e. The van der Waals surface area contributed by atoms with E-state index in [1.807, 2.05) is 6.07 Å². The second kappa shape index (κ2) is 6.59. The van der Waals surface area contributed by atoms with Gasteiger partial charge in [0, 0.05) is 32.4 Å². The average Bonchev–Trinajstić information content (AvgIpc) is 2.65. The van der Waals surface area contributed by atoms with Crippen LogP contribution in [0.15, 0.2) is 16.7 Å². The number of methoxy groups -OCH3 is 1. The third kappa shape index (κ3) is 3.49. The lowest BCUT2D eigenvalue weighted by atomic mass is 10.2. The van der Waals surface area contributed by atoms with Gasteiger partial charge in [0.25, 0.3) is 0 Å². The zero-order valence-electron chi connectivity index (χ0n) is 8.49. The molecule has 1 aromatic heterocycles.